The number of carbonyl (C=O) groups is 1. The van der Waals surface area contributed by atoms with Gasteiger partial charge in [0.1, 0.15) is 0 Å². The highest BCUT2D eigenvalue weighted by atomic mass is 16.1. The van der Waals surface area contributed by atoms with Crippen LogP contribution in [0.25, 0.3) is 0 Å². The predicted octanol–water partition coefficient (Wildman–Crippen LogP) is 3.25. The van der Waals surface area contributed by atoms with E-state index >= 15 is 0 Å². The lowest BCUT2D eigenvalue weighted by Crippen LogP contribution is -2.37. The molecule has 1 saturated heterocycles. The first-order chi connectivity index (χ1) is 13.0. The zero-order valence-corrected chi connectivity index (χ0v) is 16.8. The summed E-state index contributed by atoms with van der Waals surface area (Å²) >= 11 is 0. The summed E-state index contributed by atoms with van der Waals surface area (Å²) in [6, 6.07) is 10.7. The topological polar surface area (TPSA) is 50.2 Å². The highest BCUT2D eigenvalue weighted by Gasteiger charge is 2.22. The third-order valence-electron chi connectivity index (χ3n) is 5.64. The molecule has 146 valence electrons. The third-order valence-corrected chi connectivity index (χ3v) is 5.64. The van der Waals surface area contributed by atoms with E-state index in [9.17, 15) is 4.79 Å². The molecule has 0 saturated carbocycles. The van der Waals surface area contributed by atoms with E-state index in [1.807, 2.05) is 27.1 Å². The molecule has 0 bridgehead atoms. The Morgan fingerprint density at radius 1 is 1.26 bits per heavy atom. The van der Waals surface area contributed by atoms with Crippen molar-refractivity contribution in [1.29, 1.82) is 0 Å². The van der Waals surface area contributed by atoms with Crippen LogP contribution in [0.2, 0.25) is 0 Å². The molecule has 1 aliphatic heterocycles. The number of benzene rings is 1. The number of nitrogens with one attached hydrogen (secondary N) is 1. The largest absolute Gasteiger partial charge is 0.349 e. The van der Waals surface area contributed by atoms with Gasteiger partial charge in [-0.15, -0.1) is 0 Å². The molecular weight excluding hydrogens is 336 g/mol. The normalized spacial score (nSPS) is 17.0. The zero-order valence-electron chi connectivity index (χ0n) is 16.8. The van der Waals surface area contributed by atoms with Crippen LogP contribution in [0.4, 0.5) is 0 Å². The van der Waals surface area contributed by atoms with Gasteiger partial charge in [-0.25, -0.2) is 0 Å². The van der Waals surface area contributed by atoms with Gasteiger partial charge in [-0.05, 0) is 57.7 Å². The van der Waals surface area contributed by atoms with Crippen LogP contribution in [0.3, 0.4) is 0 Å². The average Bonchev–Trinajstić information content (AvgIpc) is 3.00. The van der Waals surface area contributed by atoms with E-state index in [2.05, 4.69) is 45.6 Å². The second-order valence-corrected chi connectivity index (χ2v) is 7.86. The molecule has 1 fully saturated rings. The SMILES string of the molecule is Cc1nn(C)cc1[C@@H](C)NC(=O)CC1CCN(CCc2ccccc2)CC1. The van der Waals surface area contributed by atoms with Crippen molar-refractivity contribution in [3.8, 4) is 0 Å². The van der Waals surface area contributed by atoms with Gasteiger partial charge >= 0.3 is 0 Å². The fourth-order valence-corrected chi connectivity index (χ4v) is 4.03. The van der Waals surface area contributed by atoms with Crippen molar-refractivity contribution in [1.82, 2.24) is 20.0 Å². The van der Waals surface area contributed by atoms with E-state index in [0.717, 1.165) is 50.2 Å². The molecule has 3 rings (SSSR count). The Morgan fingerprint density at radius 3 is 2.59 bits per heavy atom. The van der Waals surface area contributed by atoms with E-state index in [1.54, 1.807) is 4.68 Å². The molecule has 1 N–H and O–H groups in total. The minimum Gasteiger partial charge on any atom is -0.349 e. The van der Waals surface area contributed by atoms with Crippen molar-refractivity contribution in [2.45, 2.75) is 45.6 Å². The Hall–Kier alpha value is -2.14. The molecule has 5 heteroatoms. The van der Waals surface area contributed by atoms with Crippen LogP contribution in [0.1, 0.15) is 49.0 Å². The fraction of sp³-hybridized carbons (Fsp3) is 0.545. The Labute approximate surface area is 162 Å². The third kappa shape index (κ3) is 5.67. The summed E-state index contributed by atoms with van der Waals surface area (Å²) in [7, 11) is 1.91. The standard InChI is InChI=1S/C22H32N4O/c1-17(21-16-25(3)24-18(21)2)23-22(27)15-20-10-13-26(14-11-20)12-9-19-7-5-4-6-8-19/h4-8,16-17,20H,9-15H2,1-3H3,(H,23,27)/t17-/m1/s1. The molecule has 0 aliphatic carbocycles. The van der Waals surface area contributed by atoms with Crippen LogP contribution in [0, 0.1) is 12.8 Å². The van der Waals surface area contributed by atoms with Gasteiger partial charge in [0.2, 0.25) is 5.91 Å². The van der Waals surface area contributed by atoms with Crippen molar-refractivity contribution < 1.29 is 4.79 Å². The maximum absolute atomic E-state index is 12.5. The quantitative estimate of drug-likeness (QED) is 0.816. The van der Waals surface area contributed by atoms with Crippen LogP contribution in [0.15, 0.2) is 36.5 Å². The van der Waals surface area contributed by atoms with Gasteiger partial charge in [-0.2, -0.15) is 5.10 Å². The van der Waals surface area contributed by atoms with Crippen LogP contribution in [0.5, 0.6) is 0 Å². The highest BCUT2D eigenvalue weighted by Crippen LogP contribution is 2.22. The number of rotatable bonds is 7. The van der Waals surface area contributed by atoms with E-state index in [4.69, 9.17) is 0 Å². The lowest BCUT2D eigenvalue weighted by Gasteiger charge is -2.31. The van der Waals surface area contributed by atoms with Crippen molar-refractivity contribution in [3.63, 3.8) is 0 Å². The molecule has 0 radical (unpaired) electrons. The van der Waals surface area contributed by atoms with Crippen LogP contribution in [-0.2, 0) is 18.3 Å². The van der Waals surface area contributed by atoms with Gasteiger partial charge in [-0.3, -0.25) is 9.48 Å². The molecule has 2 heterocycles. The Balaban J connectivity index is 1.38. The smallest absolute Gasteiger partial charge is 0.220 e. The van der Waals surface area contributed by atoms with Gasteiger partial charge in [0.15, 0.2) is 0 Å². The number of aromatic nitrogens is 2. The molecule has 1 aromatic heterocycles. The summed E-state index contributed by atoms with van der Waals surface area (Å²) in [5.41, 5.74) is 3.48. The molecule has 1 aromatic carbocycles. The van der Waals surface area contributed by atoms with E-state index in [1.165, 1.54) is 5.56 Å². The molecule has 0 spiro atoms. The Bertz CT molecular complexity index is 732. The Morgan fingerprint density at radius 2 is 1.96 bits per heavy atom. The first-order valence-corrected chi connectivity index (χ1v) is 10.1. The molecule has 0 unspecified atom stereocenters. The molecule has 2 aromatic rings. The maximum Gasteiger partial charge on any atom is 0.220 e. The van der Waals surface area contributed by atoms with Crippen LogP contribution in [-0.4, -0.2) is 40.2 Å². The monoisotopic (exact) mass is 368 g/mol. The van der Waals surface area contributed by atoms with Gasteiger partial charge in [0.05, 0.1) is 11.7 Å². The minimum atomic E-state index is 0.0113. The summed E-state index contributed by atoms with van der Waals surface area (Å²) in [5, 5.41) is 7.51. The number of hydrogen-bond acceptors (Lipinski definition) is 3. The van der Waals surface area contributed by atoms with Crippen molar-refractivity contribution >= 4 is 5.91 Å². The lowest BCUT2D eigenvalue weighted by molar-refractivity contribution is -0.123. The average molecular weight is 369 g/mol. The number of likely N-dealkylation sites (tertiary alicyclic amines) is 1. The van der Waals surface area contributed by atoms with E-state index < -0.39 is 0 Å². The van der Waals surface area contributed by atoms with Gasteiger partial charge < -0.3 is 10.2 Å². The molecule has 1 atom stereocenters. The van der Waals surface area contributed by atoms with E-state index in [-0.39, 0.29) is 11.9 Å². The van der Waals surface area contributed by atoms with Gasteiger partial charge in [-0.1, -0.05) is 30.3 Å². The minimum absolute atomic E-state index is 0.0113. The number of nitrogens with zero attached hydrogens (tertiary/aromatic N) is 3. The fourth-order valence-electron chi connectivity index (χ4n) is 4.03. The number of piperidine rings is 1. The second-order valence-electron chi connectivity index (χ2n) is 7.86. The number of carbonyl (C=O) groups excluding carboxylic acids is 1. The highest BCUT2D eigenvalue weighted by molar-refractivity contribution is 5.76. The first kappa shape index (κ1) is 19.6. The number of amides is 1. The van der Waals surface area contributed by atoms with Crippen molar-refractivity contribution in [3.05, 3.63) is 53.3 Å². The van der Waals surface area contributed by atoms with E-state index in [0.29, 0.717) is 12.3 Å². The second kappa shape index (κ2) is 9.18. The predicted molar refractivity (Wildman–Crippen MR) is 108 cm³/mol. The lowest BCUT2D eigenvalue weighted by atomic mass is 9.92. The van der Waals surface area contributed by atoms with Crippen LogP contribution < -0.4 is 5.32 Å². The van der Waals surface area contributed by atoms with Crippen molar-refractivity contribution in [2.24, 2.45) is 13.0 Å². The Kier molecular flexibility index (Phi) is 6.67. The summed E-state index contributed by atoms with van der Waals surface area (Å²) in [5.74, 6) is 0.661. The van der Waals surface area contributed by atoms with Crippen molar-refractivity contribution in [2.75, 3.05) is 19.6 Å². The molecule has 5 nitrogen and oxygen atoms in total. The summed E-state index contributed by atoms with van der Waals surface area (Å²) in [4.78, 5) is 15.0. The van der Waals surface area contributed by atoms with Gasteiger partial charge in [0, 0.05) is 31.8 Å². The molecule has 1 amide bonds. The summed E-state index contributed by atoms with van der Waals surface area (Å²) in [6.45, 7) is 7.33. The number of hydrogen-bond donors (Lipinski definition) is 1. The molecule has 27 heavy (non-hydrogen) atoms. The summed E-state index contributed by atoms with van der Waals surface area (Å²) < 4.78 is 1.80. The summed E-state index contributed by atoms with van der Waals surface area (Å²) in [6.07, 6.45) is 5.96. The van der Waals surface area contributed by atoms with Crippen LogP contribution >= 0.6 is 0 Å². The van der Waals surface area contributed by atoms with Gasteiger partial charge in [0.25, 0.3) is 0 Å². The molecule has 1 aliphatic rings. The first-order valence-electron chi connectivity index (χ1n) is 10.1. The maximum atomic E-state index is 12.5. The zero-order chi connectivity index (χ0) is 19.2. The number of aryl methyl sites for hydroxylation is 2. The molecular formula is C22H32N4O.